The highest BCUT2D eigenvalue weighted by Crippen LogP contribution is 2.60. The molecule has 0 aliphatic heterocycles. The minimum atomic E-state index is -0.208. The zero-order chi connectivity index (χ0) is 49.5. The number of hydrogen-bond acceptors (Lipinski definition) is 2. The van der Waals surface area contributed by atoms with E-state index in [2.05, 4.69) is 219 Å². The zero-order valence-corrected chi connectivity index (χ0v) is 43.0. The number of aromatic nitrogens is 1. The topological polar surface area (TPSA) is 17.4 Å². The lowest BCUT2D eigenvalue weighted by Gasteiger charge is -2.40. The van der Waals surface area contributed by atoms with E-state index in [4.69, 9.17) is 4.74 Å². The van der Waals surface area contributed by atoms with Crippen LogP contribution < -0.4 is 15.5 Å². The molecule has 0 amide bonds. The normalized spacial score (nSPS) is 24.7. The summed E-state index contributed by atoms with van der Waals surface area (Å²) in [5, 5.41) is 3.98. The Morgan fingerprint density at radius 1 is 0.795 bits per heavy atom. The summed E-state index contributed by atoms with van der Waals surface area (Å²) in [5.74, 6) is 1.41. The number of ether oxygens (including phenoxy) is 1. The van der Waals surface area contributed by atoms with Crippen LogP contribution in [0.3, 0.4) is 0 Å². The van der Waals surface area contributed by atoms with Crippen molar-refractivity contribution in [3.63, 3.8) is 0 Å². The monoisotopic (exact) mass is 955 g/mol. The van der Waals surface area contributed by atoms with Crippen molar-refractivity contribution in [3.05, 3.63) is 256 Å². The van der Waals surface area contributed by atoms with Gasteiger partial charge in [0.05, 0.1) is 11.6 Å². The molecule has 12 rings (SSSR count). The van der Waals surface area contributed by atoms with Crippen LogP contribution in [0, 0.1) is 31.6 Å². The van der Waals surface area contributed by atoms with E-state index >= 15 is 0 Å². The Hall–Kier alpha value is -6.94. The van der Waals surface area contributed by atoms with Crippen LogP contribution in [-0.2, 0) is 10.2 Å². The Morgan fingerprint density at radius 3 is 2.48 bits per heavy atom. The van der Waals surface area contributed by atoms with Gasteiger partial charge in [-0.15, -0.1) is 6.58 Å². The summed E-state index contributed by atoms with van der Waals surface area (Å²) in [6, 6.07) is 32.8. The van der Waals surface area contributed by atoms with Gasteiger partial charge in [0.25, 0.3) is 0 Å². The van der Waals surface area contributed by atoms with Gasteiger partial charge in [-0.3, -0.25) is 0 Å². The zero-order valence-electron chi connectivity index (χ0n) is 43.0. The summed E-state index contributed by atoms with van der Waals surface area (Å²) < 4.78 is 9.17. The highest BCUT2D eigenvalue weighted by Gasteiger charge is 2.52. The molecule has 7 aliphatic carbocycles. The first-order valence-corrected chi connectivity index (χ1v) is 27.4. The smallest absolute Gasteiger partial charge is 0.0612 e. The summed E-state index contributed by atoms with van der Waals surface area (Å²) in [7, 11) is 0. The van der Waals surface area contributed by atoms with E-state index in [1.807, 2.05) is 6.08 Å². The molecule has 0 bridgehead atoms. The Labute approximate surface area is 434 Å². The third-order valence-electron chi connectivity index (χ3n) is 17.3. The number of anilines is 1. The standard InChI is InChI=1S/C70H70N2O/c1-5-50-24-28-52(29-25-50)54-32-40-68-63(45-54)64-46-55(33-41-69(64)72(68)57-18-11-8-12-19-57)53-30-34-58(35-31-53)71(56-16-9-7-10-17-56)59-36-39-62-61-20-13-14-21-65(61)70(67(62)47-59,66-44-48(3)22-23-49(66)4)42-15-43-73-60-37-26-51(6-2)27-38-60/h5-6,8-9,11-14,16-24,26,28-30,33-34,36,39-41,44-47,50,54,60-61,65H,1-2,7,10,15,25,27,31-32,35,37-38,42-43H2,3-4H3. The number of nitrogens with zero attached hydrogens (tertiary/aromatic N) is 2. The molecule has 6 atom stereocenters. The van der Waals surface area contributed by atoms with Crippen molar-refractivity contribution in [2.45, 2.75) is 102 Å². The van der Waals surface area contributed by atoms with Crippen LogP contribution >= 0.6 is 0 Å². The number of rotatable bonds is 14. The number of allylic oxidation sites excluding steroid dienone is 18. The molecule has 0 radical (unpaired) electrons. The summed E-state index contributed by atoms with van der Waals surface area (Å²) in [6.45, 7) is 13.4. The molecule has 0 fully saturated rings. The molecule has 7 aliphatic rings. The lowest BCUT2D eigenvalue weighted by molar-refractivity contribution is 0.0418. The lowest BCUT2D eigenvalue weighted by atomic mass is 9.63. The number of hydrogen-bond donors (Lipinski definition) is 0. The van der Waals surface area contributed by atoms with Gasteiger partial charge in [-0.1, -0.05) is 157 Å². The van der Waals surface area contributed by atoms with Crippen molar-refractivity contribution in [2.24, 2.45) is 17.8 Å². The van der Waals surface area contributed by atoms with Crippen molar-refractivity contribution in [3.8, 4) is 5.69 Å². The lowest BCUT2D eigenvalue weighted by Crippen LogP contribution is -2.35. The molecule has 0 N–H and O–H groups in total. The van der Waals surface area contributed by atoms with Crippen molar-refractivity contribution in [1.29, 1.82) is 0 Å². The van der Waals surface area contributed by atoms with Crippen molar-refractivity contribution in [2.75, 3.05) is 11.5 Å². The average Bonchev–Trinajstić information content (AvgIpc) is 3.92. The molecule has 1 aromatic heterocycles. The minimum Gasteiger partial charge on any atom is -0.378 e. The van der Waals surface area contributed by atoms with E-state index in [0.29, 0.717) is 23.7 Å². The molecule has 73 heavy (non-hydrogen) atoms. The molecule has 6 unspecified atom stereocenters. The summed E-state index contributed by atoms with van der Waals surface area (Å²) in [6.07, 6.45) is 51.6. The van der Waals surface area contributed by atoms with E-state index in [1.54, 1.807) is 0 Å². The summed E-state index contributed by atoms with van der Waals surface area (Å²) in [4.78, 5) is 2.60. The van der Waals surface area contributed by atoms with Crippen molar-refractivity contribution >= 4 is 34.3 Å². The third-order valence-corrected chi connectivity index (χ3v) is 17.3. The van der Waals surface area contributed by atoms with Crippen molar-refractivity contribution in [1.82, 2.24) is 4.57 Å². The van der Waals surface area contributed by atoms with Crippen LogP contribution in [0.1, 0.15) is 110 Å². The summed E-state index contributed by atoms with van der Waals surface area (Å²) in [5.41, 5.74) is 18.7. The minimum absolute atomic E-state index is 0.208. The number of benzene rings is 4. The van der Waals surface area contributed by atoms with Crippen LogP contribution in [0.2, 0.25) is 0 Å². The second-order valence-corrected chi connectivity index (χ2v) is 21.6. The first-order chi connectivity index (χ1) is 35.9. The van der Waals surface area contributed by atoms with Crippen LogP contribution in [0.4, 0.5) is 5.69 Å². The first kappa shape index (κ1) is 47.1. The number of para-hydroxylation sites is 1. The molecule has 4 aromatic carbocycles. The van der Waals surface area contributed by atoms with E-state index in [1.165, 1.54) is 94.3 Å². The largest absolute Gasteiger partial charge is 0.378 e. The first-order valence-electron chi connectivity index (χ1n) is 27.4. The van der Waals surface area contributed by atoms with Gasteiger partial charge in [0.15, 0.2) is 0 Å². The van der Waals surface area contributed by atoms with Gasteiger partial charge < -0.3 is 14.2 Å². The second kappa shape index (κ2) is 20.2. The fraction of sp³-hybridized carbons (Fsp3) is 0.286. The van der Waals surface area contributed by atoms with Crippen LogP contribution in [-0.4, -0.2) is 17.3 Å². The number of fused-ring (bicyclic) bond motifs is 6. The molecule has 1 heterocycles. The molecular formula is C70H70N2O. The Balaban J connectivity index is 0.921. The third kappa shape index (κ3) is 8.74. The molecule has 0 spiro atoms. The second-order valence-electron chi connectivity index (χ2n) is 21.6. The van der Waals surface area contributed by atoms with Crippen molar-refractivity contribution < 1.29 is 4.74 Å². The van der Waals surface area contributed by atoms with Crippen LogP contribution in [0.5, 0.6) is 0 Å². The predicted molar refractivity (Wildman–Crippen MR) is 308 cm³/mol. The average molecular weight is 955 g/mol. The maximum atomic E-state index is 6.70. The van der Waals surface area contributed by atoms with Crippen LogP contribution in [0.15, 0.2) is 212 Å². The Morgan fingerprint density at radius 2 is 1.70 bits per heavy atom. The molecule has 366 valence electrons. The molecule has 3 nitrogen and oxygen atoms in total. The van der Waals surface area contributed by atoms with Crippen LogP contribution in [0.25, 0.3) is 34.3 Å². The van der Waals surface area contributed by atoms with Gasteiger partial charge in [0.2, 0.25) is 0 Å². The predicted octanol–water partition coefficient (Wildman–Crippen LogP) is 15.9. The molecule has 0 saturated carbocycles. The quantitative estimate of drug-likeness (QED) is 0.0815. The Kier molecular flexibility index (Phi) is 13.0. The van der Waals surface area contributed by atoms with E-state index in [0.717, 1.165) is 77.2 Å². The molecule has 3 heteroatoms. The van der Waals surface area contributed by atoms with E-state index in [-0.39, 0.29) is 11.5 Å². The fourth-order valence-corrected chi connectivity index (χ4v) is 13.6. The summed E-state index contributed by atoms with van der Waals surface area (Å²) >= 11 is 0. The SMILES string of the molecule is C=CC1=CCC(OCCCC2(c3cc(C)ccc3C)c3cc(N(C4=CCCC=C4)C4=CC=C(c5ccc6c(c5)c5c(n6-c6ccccc6)=CCC(C6=CCC(C=C)C=C6)C=5)CC4)ccc3C3C=CC=CC32)CC1. The van der Waals surface area contributed by atoms with Gasteiger partial charge in [-0.25, -0.2) is 0 Å². The van der Waals surface area contributed by atoms with Gasteiger partial charge in [-0.05, 0) is 178 Å². The Bertz CT molecular complexity index is 3430. The maximum Gasteiger partial charge on any atom is 0.0612 e. The highest BCUT2D eigenvalue weighted by atomic mass is 16.5. The maximum absolute atomic E-state index is 6.70. The molecule has 0 saturated heterocycles. The van der Waals surface area contributed by atoms with Gasteiger partial charge in [-0.2, -0.15) is 0 Å². The van der Waals surface area contributed by atoms with Gasteiger partial charge in [0.1, 0.15) is 0 Å². The van der Waals surface area contributed by atoms with Gasteiger partial charge >= 0.3 is 0 Å². The highest BCUT2D eigenvalue weighted by molar-refractivity contribution is 5.89. The van der Waals surface area contributed by atoms with E-state index in [9.17, 15) is 0 Å². The van der Waals surface area contributed by atoms with Gasteiger partial charge in [0, 0.05) is 68.5 Å². The fourth-order valence-electron chi connectivity index (χ4n) is 13.6. The molecular weight excluding hydrogens is 885 g/mol. The number of aryl methyl sites for hydroxylation is 2. The van der Waals surface area contributed by atoms with E-state index < -0.39 is 0 Å². The molecule has 5 aromatic rings.